The van der Waals surface area contributed by atoms with Gasteiger partial charge in [-0.15, -0.1) is 5.10 Å². The Balaban J connectivity index is 1.66. The number of aromatic nitrogens is 4. The van der Waals surface area contributed by atoms with Crippen LogP contribution in [0.25, 0.3) is 0 Å². The topological polar surface area (TPSA) is 59.3 Å². The molecule has 2 aliphatic rings. The summed E-state index contributed by atoms with van der Waals surface area (Å²) < 4.78 is 20.5. The number of hydrogen-bond acceptors (Lipinski definition) is 6. The van der Waals surface area contributed by atoms with Gasteiger partial charge in [-0.3, -0.25) is 9.80 Å². The molecule has 8 heteroatoms. The molecule has 4 rings (SSSR count). The van der Waals surface area contributed by atoms with E-state index in [1.54, 1.807) is 11.8 Å². The highest BCUT2D eigenvalue weighted by Gasteiger charge is 2.36. The number of rotatable bonds is 6. The van der Waals surface area contributed by atoms with E-state index in [4.69, 9.17) is 4.74 Å². The highest BCUT2D eigenvalue weighted by molar-refractivity contribution is 5.25. The van der Waals surface area contributed by atoms with Gasteiger partial charge >= 0.3 is 0 Å². The predicted octanol–water partition coefficient (Wildman–Crippen LogP) is 1.33. The molecule has 2 saturated heterocycles. The molecule has 0 radical (unpaired) electrons. The van der Waals surface area contributed by atoms with Crippen molar-refractivity contribution in [1.82, 2.24) is 30.0 Å². The highest BCUT2D eigenvalue weighted by atomic mass is 19.1. The van der Waals surface area contributed by atoms with Crippen LogP contribution >= 0.6 is 0 Å². The summed E-state index contributed by atoms with van der Waals surface area (Å²) in [6.07, 6.45) is 2.51. The monoisotopic (exact) mass is 360 g/mol. The summed E-state index contributed by atoms with van der Waals surface area (Å²) in [5, 5.41) is 12.4. The van der Waals surface area contributed by atoms with Crippen molar-refractivity contribution < 1.29 is 9.13 Å². The first-order valence-electron chi connectivity index (χ1n) is 9.25. The second-order valence-electron chi connectivity index (χ2n) is 7.03. The molecular weight excluding hydrogens is 335 g/mol. The fourth-order valence-electron chi connectivity index (χ4n) is 4.16. The third-order valence-corrected chi connectivity index (χ3v) is 5.48. The molecule has 0 bridgehead atoms. The minimum Gasteiger partial charge on any atom is -0.383 e. The van der Waals surface area contributed by atoms with Crippen LogP contribution in [0.5, 0.6) is 0 Å². The molecule has 1 aromatic carbocycles. The maximum atomic E-state index is 13.5. The molecule has 2 atom stereocenters. The molecule has 2 unspecified atom stereocenters. The van der Waals surface area contributed by atoms with Gasteiger partial charge in [0.2, 0.25) is 0 Å². The van der Waals surface area contributed by atoms with Crippen LogP contribution < -0.4 is 0 Å². The van der Waals surface area contributed by atoms with Crippen LogP contribution in [-0.4, -0.2) is 75.9 Å². The van der Waals surface area contributed by atoms with Crippen LogP contribution in [-0.2, 0) is 11.3 Å². The van der Waals surface area contributed by atoms with Crippen LogP contribution in [0, 0.1) is 5.82 Å². The van der Waals surface area contributed by atoms with Gasteiger partial charge in [-0.05, 0) is 47.5 Å². The number of piperazine rings is 1. The van der Waals surface area contributed by atoms with Crippen molar-refractivity contribution in [3.8, 4) is 0 Å². The zero-order valence-electron chi connectivity index (χ0n) is 15.1. The zero-order valence-corrected chi connectivity index (χ0v) is 15.1. The third-order valence-electron chi connectivity index (χ3n) is 5.48. The van der Waals surface area contributed by atoms with E-state index in [0.717, 1.165) is 31.0 Å². The Morgan fingerprint density at radius 2 is 2.08 bits per heavy atom. The van der Waals surface area contributed by atoms with E-state index >= 15 is 0 Å². The number of nitrogens with zero attached hydrogens (tertiary/aromatic N) is 6. The zero-order chi connectivity index (χ0) is 17.9. The Morgan fingerprint density at radius 3 is 2.88 bits per heavy atom. The number of halogens is 1. The van der Waals surface area contributed by atoms with Crippen molar-refractivity contribution in [3.63, 3.8) is 0 Å². The van der Waals surface area contributed by atoms with E-state index in [1.807, 2.05) is 12.1 Å². The largest absolute Gasteiger partial charge is 0.383 e. The fourth-order valence-corrected chi connectivity index (χ4v) is 4.16. The molecule has 7 nitrogen and oxygen atoms in total. The summed E-state index contributed by atoms with van der Waals surface area (Å²) in [6.45, 7) is 5.34. The molecule has 2 aliphatic heterocycles. The van der Waals surface area contributed by atoms with Gasteiger partial charge in [-0.2, -0.15) is 0 Å². The normalized spacial score (nSPS) is 22.5. The first kappa shape index (κ1) is 17.5. The first-order valence-corrected chi connectivity index (χ1v) is 9.25. The molecule has 0 aliphatic carbocycles. The average molecular weight is 360 g/mol. The van der Waals surface area contributed by atoms with Crippen LogP contribution in [0.4, 0.5) is 4.39 Å². The smallest absolute Gasteiger partial charge is 0.173 e. The minimum atomic E-state index is -0.230. The molecular formula is C18H25FN6O. The van der Waals surface area contributed by atoms with E-state index in [0.29, 0.717) is 19.2 Å². The SMILES string of the molecule is COCCn1nnnc1C(c1ccc(F)cc1)N1CCN2CCCC2C1. The quantitative estimate of drug-likeness (QED) is 0.775. The molecule has 2 aromatic rings. The van der Waals surface area contributed by atoms with Gasteiger partial charge in [0.05, 0.1) is 19.2 Å². The fraction of sp³-hybridized carbons (Fsp3) is 0.611. The van der Waals surface area contributed by atoms with Crippen molar-refractivity contribution in [2.24, 2.45) is 0 Å². The van der Waals surface area contributed by atoms with Crippen molar-refractivity contribution in [2.75, 3.05) is 39.9 Å². The minimum absolute atomic E-state index is 0.0785. The average Bonchev–Trinajstić information content (AvgIpc) is 3.31. The number of methoxy groups -OCH3 is 1. The number of benzene rings is 1. The lowest BCUT2D eigenvalue weighted by atomic mass is 10.0. The number of fused-ring (bicyclic) bond motifs is 1. The van der Waals surface area contributed by atoms with E-state index in [9.17, 15) is 4.39 Å². The summed E-state index contributed by atoms with van der Waals surface area (Å²) in [5.41, 5.74) is 1.02. The number of ether oxygens (including phenoxy) is 1. The summed E-state index contributed by atoms with van der Waals surface area (Å²) in [6, 6.07) is 7.22. The van der Waals surface area contributed by atoms with E-state index in [-0.39, 0.29) is 11.9 Å². The first-order chi connectivity index (χ1) is 12.8. The molecule has 0 saturated carbocycles. The second kappa shape index (κ2) is 7.77. The van der Waals surface area contributed by atoms with Gasteiger partial charge < -0.3 is 4.74 Å². The summed E-state index contributed by atoms with van der Waals surface area (Å²) in [7, 11) is 1.67. The van der Waals surface area contributed by atoms with Gasteiger partial charge in [0.1, 0.15) is 5.82 Å². The van der Waals surface area contributed by atoms with Crippen molar-refractivity contribution >= 4 is 0 Å². The Bertz CT molecular complexity index is 721. The van der Waals surface area contributed by atoms with E-state index in [1.165, 1.54) is 31.5 Å². The number of tetrazole rings is 1. The molecule has 3 heterocycles. The number of hydrogen-bond donors (Lipinski definition) is 0. The van der Waals surface area contributed by atoms with E-state index in [2.05, 4.69) is 25.3 Å². The van der Waals surface area contributed by atoms with Gasteiger partial charge in [-0.25, -0.2) is 9.07 Å². The lowest BCUT2D eigenvalue weighted by Crippen LogP contribution is -2.51. The summed E-state index contributed by atoms with van der Waals surface area (Å²) in [4.78, 5) is 5.01. The summed E-state index contributed by atoms with van der Waals surface area (Å²) in [5.74, 6) is 0.562. The molecule has 1 aromatic heterocycles. The lowest BCUT2D eigenvalue weighted by Gasteiger charge is -2.41. The van der Waals surface area contributed by atoms with Crippen molar-refractivity contribution in [3.05, 3.63) is 41.5 Å². The Morgan fingerprint density at radius 1 is 1.23 bits per heavy atom. The molecule has 0 amide bonds. The Kier molecular flexibility index (Phi) is 5.23. The van der Waals surface area contributed by atoms with Gasteiger partial charge in [0.25, 0.3) is 0 Å². The maximum absolute atomic E-state index is 13.5. The van der Waals surface area contributed by atoms with Gasteiger partial charge in [-0.1, -0.05) is 12.1 Å². The Hall–Kier alpha value is -1.90. The standard InChI is InChI=1S/C18H25FN6O/c1-26-12-11-25-18(20-21-22-25)17(14-4-6-15(19)7-5-14)24-10-9-23-8-2-3-16(23)13-24/h4-7,16-17H,2-3,8-13H2,1H3. The van der Waals surface area contributed by atoms with Gasteiger partial charge in [0, 0.05) is 32.8 Å². The third kappa shape index (κ3) is 3.49. The van der Waals surface area contributed by atoms with Crippen LogP contribution in [0.2, 0.25) is 0 Å². The van der Waals surface area contributed by atoms with Crippen molar-refractivity contribution in [1.29, 1.82) is 0 Å². The van der Waals surface area contributed by atoms with Crippen molar-refractivity contribution in [2.45, 2.75) is 31.5 Å². The molecule has 26 heavy (non-hydrogen) atoms. The van der Waals surface area contributed by atoms with Gasteiger partial charge in [0.15, 0.2) is 5.82 Å². The highest BCUT2D eigenvalue weighted by Crippen LogP contribution is 2.31. The molecule has 0 N–H and O–H groups in total. The molecule has 0 spiro atoms. The Labute approximate surface area is 152 Å². The summed E-state index contributed by atoms with van der Waals surface area (Å²) >= 11 is 0. The molecule has 140 valence electrons. The molecule has 2 fully saturated rings. The van der Waals surface area contributed by atoms with Crippen LogP contribution in [0.3, 0.4) is 0 Å². The maximum Gasteiger partial charge on any atom is 0.173 e. The van der Waals surface area contributed by atoms with Crippen LogP contribution in [0.15, 0.2) is 24.3 Å². The van der Waals surface area contributed by atoms with E-state index < -0.39 is 0 Å². The lowest BCUT2D eigenvalue weighted by molar-refractivity contribution is 0.0784. The predicted molar refractivity (Wildman–Crippen MR) is 94.1 cm³/mol. The second-order valence-corrected chi connectivity index (χ2v) is 7.03. The van der Waals surface area contributed by atoms with Crippen LogP contribution in [0.1, 0.15) is 30.3 Å².